The number of carbonyl (C=O) groups is 1. The Morgan fingerprint density at radius 3 is 2.46 bits per heavy atom. The van der Waals surface area contributed by atoms with E-state index in [0.29, 0.717) is 19.7 Å². The molecular weight excluding hydrogens is 318 g/mol. The summed E-state index contributed by atoms with van der Waals surface area (Å²) < 4.78 is 34.2. The maximum absolute atomic E-state index is 12.3. The molecule has 1 heterocycles. The number of urea groups is 1. The first-order valence-corrected chi connectivity index (χ1v) is 8.21. The summed E-state index contributed by atoms with van der Waals surface area (Å²) >= 11 is 0. The van der Waals surface area contributed by atoms with Crippen molar-refractivity contribution in [3.05, 3.63) is 29.8 Å². The zero-order valence-corrected chi connectivity index (χ0v) is 14.0. The average molecular weight is 342 g/mol. The van der Waals surface area contributed by atoms with Gasteiger partial charge in [0.25, 0.3) is 0 Å². The lowest BCUT2D eigenvalue weighted by molar-refractivity contribution is -0.0498. The van der Waals surface area contributed by atoms with Crippen molar-refractivity contribution in [1.82, 2.24) is 10.2 Å². The second-order valence-electron chi connectivity index (χ2n) is 5.76. The monoisotopic (exact) mass is 342 g/mol. The molecule has 2 amide bonds. The van der Waals surface area contributed by atoms with Crippen molar-refractivity contribution in [3.63, 3.8) is 0 Å². The molecule has 1 N–H and O–H groups in total. The summed E-state index contributed by atoms with van der Waals surface area (Å²) in [5.41, 5.74) is 0.828. The fourth-order valence-corrected chi connectivity index (χ4v) is 2.76. The van der Waals surface area contributed by atoms with E-state index in [0.717, 1.165) is 18.4 Å². The number of nitrogens with zero attached hydrogens (tertiary/aromatic N) is 1. The van der Waals surface area contributed by atoms with Crippen LogP contribution in [-0.4, -0.2) is 43.3 Å². The molecule has 0 saturated carbocycles. The van der Waals surface area contributed by atoms with Gasteiger partial charge in [0, 0.05) is 19.7 Å². The van der Waals surface area contributed by atoms with Crippen molar-refractivity contribution in [2.75, 3.05) is 19.7 Å². The Morgan fingerprint density at radius 1 is 1.29 bits per heavy atom. The summed E-state index contributed by atoms with van der Waals surface area (Å²) in [5, 5.41) is 2.93. The maximum atomic E-state index is 12.3. The number of hydrogen-bond donors (Lipinski definition) is 1. The molecule has 0 bridgehead atoms. The minimum atomic E-state index is -2.84. The van der Waals surface area contributed by atoms with Gasteiger partial charge in [0.05, 0.1) is 12.1 Å². The zero-order valence-electron chi connectivity index (χ0n) is 14.0. The second kappa shape index (κ2) is 8.82. The van der Waals surface area contributed by atoms with E-state index in [9.17, 15) is 13.6 Å². The van der Waals surface area contributed by atoms with E-state index in [1.165, 1.54) is 12.1 Å². The summed E-state index contributed by atoms with van der Waals surface area (Å²) in [6.45, 7) is 3.02. The first-order valence-electron chi connectivity index (χ1n) is 8.21. The molecule has 1 aromatic carbocycles. The number of rotatable bonds is 6. The number of carbonyl (C=O) groups excluding carboxylic acids is 1. The maximum Gasteiger partial charge on any atom is 0.387 e. The lowest BCUT2D eigenvalue weighted by atomic mass is 10.1. The SMILES string of the molecule is CCOC1CCN(C(=O)N[C@H](C)c2ccc(OC(F)F)cc2)CC1. The fraction of sp³-hybridized carbons (Fsp3) is 0.588. The lowest BCUT2D eigenvalue weighted by Crippen LogP contribution is -2.46. The molecule has 0 aliphatic carbocycles. The molecule has 0 aromatic heterocycles. The molecule has 1 aromatic rings. The van der Waals surface area contributed by atoms with E-state index in [1.807, 2.05) is 13.8 Å². The van der Waals surface area contributed by atoms with Crippen molar-refractivity contribution in [3.8, 4) is 5.75 Å². The van der Waals surface area contributed by atoms with E-state index < -0.39 is 6.61 Å². The van der Waals surface area contributed by atoms with Crippen molar-refractivity contribution >= 4 is 6.03 Å². The van der Waals surface area contributed by atoms with Gasteiger partial charge in [-0.05, 0) is 44.4 Å². The highest BCUT2D eigenvalue weighted by Gasteiger charge is 2.23. The molecule has 1 aliphatic heterocycles. The normalized spacial score (nSPS) is 17.0. The highest BCUT2D eigenvalue weighted by molar-refractivity contribution is 5.74. The van der Waals surface area contributed by atoms with Crippen LogP contribution < -0.4 is 10.1 Å². The quantitative estimate of drug-likeness (QED) is 0.860. The number of benzene rings is 1. The van der Waals surface area contributed by atoms with Crippen LogP contribution >= 0.6 is 0 Å². The van der Waals surface area contributed by atoms with Crippen molar-refractivity contribution in [2.24, 2.45) is 0 Å². The molecule has 0 spiro atoms. The van der Waals surface area contributed by atoms with Gasteiger partial charge in [-0.15, -0.1) is 0 Å². The molecule has 24 heavy (non-hydrogen) atoms. The Hall–Kier alpha value is -1.89. The fourth-order valence-electron chi connectivity index (χ4n) is 2.76. The Bertz CT molecular complexity index is 517. The number of likely N-dealkylation sites (tertiary alicyclic amines) is 1. The van der Waals surface area contributed by atoms with E-state index in [1.54, 1.807) is 17.0 Å². The van der Waals surface area contributed by atoms with Gasteiger partial charge in [-0.3, -0.25) is 0 Å². The minimum Gasteiger partial charge on any atom is -0.435 e. The van der Waals surface area contributed by atoms with Crippen LogP contribution in [0.3, 0.4) is 0 Å². The molecule has 0 radical (unpaired) electrons. The molecule has 0 unspecified atom stereocenters. The summed E-state index contributed by atoms with van der Waals surface area (Å²) in [7, 11) is 0. The van der Waals surface area contributed by atoms with E-state index in [2.05, 4.69) is 10.1 Å². The first-order chi connectivity index (χ1) is 11.5. The topological polar surface area (TPSA) is 50.8 Å². The minimum absolute atomic E-state index is 0.102. The summed E-state index contributed by atoms with van der Waals surface area (Å²) in [6, 6.07) is 5.94. The number of ether oxygens (including phenoxy) is 2. The van der Waals surface area contributed by atoms with Gasteiger partial charge >= 0.3 is 12.6 Å². The van der Waals surface area contributed by atoms with Crippen LogP contribution in [0.2, 0.25) is 0 Å². The van der Waals surface area contributed by atoms with Crippen LogP contribution in [0.4, 0.5) is 13.6 Å². The van der Waals surface area contributed by atoms with Gasteiger partial charge < -0.3 is 19.7 Å². The van der Waals surface area contributed by atoms with Gasteiger partial charge in [0.2, 0.25) is 0 Å². The molecular formula is C17H24F2N2O3. The first kappa shape index (κ1) is 18.4. The van der Waals surface area contributed by atoms with Gasteiger partial charge in [-0.25, -0.2) is 4.79 Å². The predicted molar refractivity (Wildman–Crippen MR) is 86.2 cm³/mol. The number of alkyl halides is 2. The lowest BCUT2D eigenvalue weighted by Gasteiger charge is -2.32. The number of nitrogens with one attached hydrogen (secondary N) is 1. The van der Waals surface area contributed by atoms with Crippen molar-refractivity contribution in [2.45, 2.75) is 45.4 Å². The van der Waals surface area contributed by atoms with Crippen LogP contribution in [0.5, 0.6) is 5.75 Å². The van der Waals surface area contributed by atoms with Gasteiger partial charge in [-0.1, -0.05) is 12.1 Å². The Kier molecular flexibility index (Phi) is 6.78. The second-order valence-corrected chi connectivity index (χ2v) is 5.76. The molecule has 2 rings (SSSR count). The van der Waals surface area contributed by atoms with Crippen LogP contribution in [0.1, 0.15) is 38.3 Å². The summed E-state index contributed by atoms with van der Waals surface area (Å²) in [4.78, 5) is 14.1. The molecule has 1 fully saturated rings. The Morgan fingerprint density at radius 2 is 1.92 bits per heavy atom. The smallest absolute Gasteiger partial charge is 0.387 e. The molecule has 1 aliphatic rings. The van der Waals surface area contributed by atoms with Crippen LogP contribution in [0.15, 0.2) is 24.3 Å². The number of halogens is 2. The summed E-state index contributed by atoms with van der Waals surface area (Å²) in [6.07, 6.45) is 1.92. The standard InChI is InChI=1S/C17H24F2N2O3/c1-3-23-14-8-10-21(11-9-14)17(22)20-12(2)13-4-6-15(7-5-13)24-16(18)19/h4-7,12,14,16H,3,8-11H2,1-2H3,(H,20,22)/t12-/m1/s1. The van der Waals surface area contributed by atoms with Crippen LogP contribution in [0, 0.1) is 0 Å². The highest BCUT2D eigenvalue weighted by Crippen LogP contribution is 2.20. The highest BCUT2D eigenvalue weighted by atomic mass is 19.3. The third-order valence-electron chi connectivity index (χ3n) is 4.08. The Labute approximate surface area is 140 Å². The van der Waals surface area contributed by atoms with E-state index in [4.69, 9.17) is 4.74 Å². The van der Waals surface area contributed by atoms with Crippen molar-refractivity contribution in [1.29, 1.82) is 0 Å². The third-order valence-corrected chi connectivity index (χ3v) is 4.08. The summed E-state index contributed by atoms with van der Waals surface area (Å²) in [5.74, 6) is 0.102. The predicted octanol–water partition coefficient (Wildman–Crippen LogP) is 3.56. The van der Waals surface area contributed by atoms with Gasteiger partial charge in [0.1, 0.15) is 5.75 Å². The van der Waals surface area contributed by atoms with Crippen LogP contribution in [-0.2, 0) is 4.74 Å². The van der Waals surface area contributed by atoms with Gasteiger partial charge in [0.15, 0.2) is 0 Å². The zero-order chi connectivity index (χ0) is 17.5. The molecule has 1 saturated heterocycles. The average Bonchev–Trinajstić information content (AvgIpc) is 2.56. The molecule has 5 nitrogen and oxygen atoms in total. The van der Waals surface area contributed by atoms with Crippen LogP contribution in [0.25, 0.3) is 0 Å². The van der Waals surface area contributed by atoms with Crippen molar-refractivity contribution < 1.29 is 23.0 Å². The largest absolute Gasteiger partial charge is 0.435 e. The van der Waals surface area contributed by atoms with E-state index in [-0.39, 0.29) is 23.9 Å². The molecule has 134 valence electrons. The number of amides is 2. The van der Waals surface area contributed by atoms with Gasteiger partial charge in [-0.2, -0.15) is 8.78 Å². The molecule has 1 atom stereocenters. The molecule has 7 heteroatoms. The van der Waals surface area contributed by atoms with E-state index >= 15 is 0 Å². The number of piperidine rings is 1. The third kappa shape index (κ3) is 5.33. The Balaban J connectivity index is 1.83. The number of hydrogen-bond acceptors (Lipinski definition) is 3.